The summed E-state index contributed by atoms with van der Waals surface area (Å²) in [4.78, 5) is 0. The van der Waals surface area contributed by atoms with E-state index in [1.807, 2.05) is 0 Å². The smallest absolute Gasteiger partial charge is 0.0499 e. The molecule has 0 aromatic rings. The van der Waals surface area contributed by atoms with Crippen LogP contribution in [-0.4, -0.2) is 11.7 Å². The highest BCUT2D eigenvalue weighted by Gasteiger charge is 2.90. The fraction of sp³-hybridized carbons (Fsp3) is 0.882. The van der Waals surface area contributed by atoms with Crippen LogP contribution in [0.1, 0.15) is 47.0 Å². The summed E-state index contributed by atoms with van der Waals surface area (Å²) >= 11 is 0. The zero-order valence-electron chi connectivity index (χ0n) is 12.2. The lowest BCUT2D eigenvalue weighted by Gasteiger charge is -2.45. The van der Waals surface area contributed by atoms with Crippen LogP contribution in [0.15, 0.2) is 12.2 Å². The molecule has 0 aliphatic heterocycles. The number of aliphatic hydroxyl groups is 1. The molecule has 4 aliphatic rings. The lowest BCUT2D eigenvalue weighted by Crippen LogP contribution is -2.39. The Morgan fingerprint density at radius 1 is 1.33 bits per heavy atom. The van der Waals surface area contributed by atoms with Crippen molar-refractivity contribution in [2.45, 2.75) is 47.0 Å². The van der Waals surface area contributed by atoms with Gasteiger partial charge in [0.05, 0.1) is 0 Å². The third-order valence-electron chi connectivity index (χ3n) is 8.12. The minimum atomic E-state index is 0.240. The second-order valence-electron chi connectivity index (χ2n) is 8.31. The van der Waals surface area contributed by atoms with Crippen molar-refractivity contribution in [2.75, 3.05) is 6.61 Å². The molecule has 0 amide bonds. The van der Waals surface area contributed by atoms with Crippen molar-refractivity contribution in [3.8, 4) is 0 Å². The molecule has 0 saturated heterocycles. The summed E-state index contributed by atoms with van der Waals surface area (Å²) in [6, 6.07) is 0. The van der Waals surface area contributed by atoms with E-state index in [9.17, 15) is 5.11 Å². The Morgan fingerprint density at radius 2 is 2.06 bits per heavy atom. The van der Waals surface area contributed by atoms with Crippen LogP contribution in [0.25, 0.3) is 0 Å². The molecule has 6 atom stereocenters. The van der Waals surface area contributed by atoms with Crippen LogP contribution in [0.3, 0.4) is 0 Å². The molecule has 0 aromatic heterocycles. The van der Waals surface area contributed by atoms with Crippen LogP contribution in [-0.2, 0) is 0 Å². The molecule has 1 heteroatoms. The Morgan fingerprint density at radius 3 is 2.67 bits per heavy atom. The maximum atomic E-state index is 10.0. The number of fused-ring (bicyclic) bond motifs is 1. The van der Waals surface area contributed by atoms with Crippen LogP contribution in [0.2, 0.25) is 0 Å². The number of aliphatic hydroxyl groups excluding tert-OH is 1. The molecule has 3 saturated carbocycles. The first-order valence-electron chi connectivity index (χ1n) is 7.70. The van der Waals surface area contributed by atoms with E-state index < -0.39 is 0 Å². The van der Waals surface area contributed by atoms with E-state index >= 15 is 0 Å². The molecule has 0 aromatic carbocycles. The maximum Gasteiger partial charge on any atom is 0.0499 e. The third-order valence-corrected chi connectivity index (χ3v) is 8.12. The van der Waals surface area contributed by atoms with Crippen molar-refractivity contribution in [1.82, 2.24) is 0 Å². The first kappa shape index (κ1) is 11.5. The largest absolute Gasteiger partial charge is 0.396 e. The van der Waals surface area contributed by atoms with Crippen molar-refractivity contribution in [3.63, 3.8) is 0 Å². The molecule has 4 rings (SSSR count). The van der Waals surface area contributed by atoms with E-state index in [0.717, 1.165) is 11.8 Å². The van der Waals surface area contributed by atoms with Gasteiger partial charge in [-0.2, -0.15) is 0 Å². The van der Waals surface area contributed by atoms with E-state index in [0.29, 0.717) is 28.8 Å². The summed E-state index contributed by atoms with van der Waals surface area (Å²) in [7, 11) is 0. The number of hydrogen-bond acceptors (Lipinski definition) is 1. The maximum absolute atomic E-state index is 10.0. The first-order chi connectivity index (χ1) is 8.40. The van der Waals surface area contributed by atoms with Gasteiger partial charge in [-0.25, -0.2) is 0 Å². The molecule has 1 unspecified atom stereocenters. The Kier molecular flexibility index (Phi) is 1.76. The average molecular weight is 246 g/mol. The fourth-order valence-corrected chi connectivity index (χ4v) is 7.41. The van der Waals surface area contributed by atoms with Crippen LogP contribution in [0.4, 0.5) is 0 Å². The Balaban J connectivity index is 1.88. The predicted molar refractivity (Wildman–Crippen MR) is 73.0 cm³/mol. The molecular weight excluding hydrogens is 220 g/mol. The van der Waals surface area contributed by atoms with Gasteiger partial charge in [0.25, 0.3) is 0 Å². The predicted octanol–water partition coefficient (Wildman–Crippen LogP) is 3.63. The molecule has 18 heavy (non-hydrogen) atoms. The number of allylic oxidation sites excluding steroid dienone is 2. The van der Waals surface area contributed by atoms with Crippen molar-refractivity contribution >= 4 is 0 Å². The molecule has 0 heterocycles. The number of rotatable bonds is 2. The topological polar surface area (TPSA) is 20.2 Å². The highest BCUT2D eigenvalue weighted by atomic mass is 16.3. The van der Waals surface area contributed by atoms with Crippen molar-refractivity contribution in [2.24, 2.45) is 39.4 Å². The zero-order chi connectivity index (χ0) is 13.0. The molecule has 1 nitrogen and oxygen atoms in total. The fourth-order valence-electron chi connectivity index (χ4n) is 7.41. The minimum absolute atomic E-state index is 0.240. The highest BCUT2D eigenvalue weighted by Crippen LogP contribution is 2.94. The van der Waals surface area contributed by atoms with Crippen molar-refractivity contribution < 1.29 is 5.11 Å². The molecule has 0 radical (unpaired) electrons. The first-order valence-corrected chi connectivity index (χ1v) is 7.70. The standard InChI is InChI=1S/C17H26O/c1-11(2)12-5-7-17-8-6-13-15(17,4)16(13,10-18)9-14(12,17)3/h6,8,11-13,18H,5,7,9-10H2,1-4H3/t12-,13-,14-,15+,16?,17-/m1/s1. The monoisotopic (exact) mass is 246 g/mol. The van der Waals surface area contributed by atoms with Gasteiger partial charge in [0, 0.05) is 17.4 Å². The van der Waals surface area contributed by atoms with Crippen LogP contribution in [0, 0.1) is 39.4 Å². The Bertz CT molecular complexity index is 453. The molecule has 100 valence electrons. The lowest BCUT2D eigenvalue weighted by atomic mass is 9.59. The van der Waals surface area contributed by atoms with Crippen LogP contribution >= 0.6 is 0 Å². The van der Waals surface area contributed by atoms with Gasteiger partial charge in [0.15, 0.2) is 0 Å². The normalized spacial score (nSPS) is 63.4. The van der Waals surface area contributed by atoms with Crippen LogP contribution < -0.4 is 0 Å². The summed E-state index contributed by atoms with van der Waals surface area (Å²) in [5, 5.41) is 10.0. The lowest BCUT2D eigenvalue weighted by molar-refractivity contribution is 0.0507. The SMILES string of the molecule is CC(C)[C@H]1CC[C@@]23C=C[C@H]4C(CO)(C[C@]12C)[C@]43C. The van der Waals surface area contributed by atoms with Gasteiger partial charge in [-0.05, 0) is 47.8 Å². The molecule has 1 N–H and O–H groups in total. The van der Waals surface area contributed by atoms with Gasteiger partial charge in [-0.1, -0.05) is 39.8 Å². The van der Waals surface area contributed by atoms with Gasteiger partial charge in [-0.3, -0.25) is 0 Å². The van der Waals surface area contributed by atoms with Gasteiger partial charge >= 0.3 is 0 Å². The highest BCUT2D eigenvalue weighted by molar-refractivity contribution is 5.47. The van der Waals surface area contributed by atoms with Crippen LogP contribution in [0.5, 0.6) is 0 Å². The molecule has 4 aliphatic carbocycles. The Hall–Kier alpha value is -0.300. The van der Waals surface area contributed by atoms with Gasteiger partial charge in [0.1, 0.15) is 0 Å². The molecule has 0 bridgehead atoms. The van der Waals surface area contributed by atoms with E-state index in [1.54, 1.807) is 0 Å². The van der Waals surface area contributed by atoms with Gasteiger partial charge in [0.2, 0.25) is 0 Å². The third kappa shape index (κ3) is 0.740. The summed E-state index contributed by atoms with van der Waals surface area (Å²) in [5.41, 5.74) is 1.46. The number of hydrogen-bond donors (Lipinski definition) is 1. The summed E-state index contributed by atoms with van der Waals surface area (Å²) in [5.74, 6) is 2.29. The second-order valence-corrected chi connectivity index (χ2v) is 8.31. The van der Waals surface area contributed by atoms with E-state index in [4.69, 9.17) is 0 Å². The average Bonchev–Trinajstić information content (AvgIpc) is 2.55. The van der Waals surface area contributed by atoms with Crippen molar-refractivity contribution in [3.05, 3.63) is 12.2 Å². The molecule has 3 fully saturated rings. The quantitative estimate of drug-likeness (QED) is 0.738. The van der Waals surface area contributed by atoms with Gasteiger partial charge in [-0.15, -0.1) is 0 Å². The van der Waals surface area contributed by atoms with E-state index in [-0.39, 0.29) is 5.41 Å². The van der Waals surface area contributed by atoms with Gasteiger partial charge < -0.3 is 5.11 Å². The second kappa shape index (κ2) is 2.75. The van der Waals surface area contributed by atoms with E-state index in [2.05, 4.69) is 39.8 Å². The summed E-state index contributed by atoms with van der Waals surface area (Å²) in [6.45, 7) is 10.2. The zero-order valence-corrected chi connectivity index (χ0v) is 12.2. The van der Waals surface area contributed by atoms with E-state index in [1.165, 1.54) is 19.3 Å². The van der Waals surface area contributed by atoms with Crippen molar-refractivity contribution in [1.29, 1.82) is 0 Å². The molecular formula is C17H26O. The summed E-state index contributed by atoms with van der Waals surface area (Å²) in [6.07, 6.45) is 9.04. The summed E-state index contributed by atoms with van der Waals surface area (Å²) < 4.78 is 0. The Labute approximate surface area is 111 Å². The molecule has 1 spiro atoms. The minimum Gasteiger partial charge on any atom is -0.396 e.